The zero-order valence-electron chi connectivity index (χ0n) is 23.7. The second-order valence-corrected chi connectivity index (χ2v) is 10.0. The fraction of sp³-hybridized carbons (Fsp3) is 0.114. The van der Waals surface area contributed by atoms with Gasteiger partial charge in [-0.3, -0.25) is 9.59 Å². The number of carbonyl (C=O) groups is 2. The van der Waals surface area contributed by atoms with Crippen molar-refractivity contribution in [3.63, 3.8) is 0 Å². The number of Topliss-reactive ketones (excluding diaryl/α,β-unsaturated/α-hetero) is 1. The number of aliphatic hydroxyl groups excluding tert-OH is 1. The van der Waals surface area contributed by atoms with Crippen LogP contribution in [0.25, 0.3) is 5.57 Å². The van der Waals surface area contributed by atoms with E-state index in [1.807, 2.05) is 91.0 Å². The first-order valence-electron chi connectivity index (χ1n) is 13.9. The smallest absolute Gasteiger partial charge is 0.318 e. The van der Waals surface area contributed by atoms with Gasteiger partial charge in [-0.2, -0.15) is 0 Å². The van der Waals surface area contributed by atoms with Gasteiger partial charge in [-0.25, -0.2) is 4.39 Å². The first-order valence-corrected chi connectivity index (χ1v) is 13.9. The SMILES string of the molecule is C=C(C=CC(O)CC(=O)CC(=O)Oc1ccc(F)cc1)c1nnn(C(c2ccccc2)(c2ccccc2)c2ccccc2)n1. The number of ether oxygens (including phenoxy) is 1. The number of halogens is 1. The number of ketones is 1. The van der Waals surface area contributed by atoms with E-state index in [1.165, 1.54) is 24.3 Å². The number of tetrazole rings is 1. The van der Waals surface area contributed by atoms with Crippen LogP contribution in [0.4, 0.5) is 4.39 Å². The Kier molecular flexibility index (Phi) is 9.27. The van der Waals surface area contributed by atoms with Crippen molar-refractivity contribution in [3.8, 4) is 5.75 Å². The molecule has 0 aliphatic carbocycles. The van der Waals surface area contributed by atoms with E-state index in [4.69, 9.17) is 9.84 Å². The molecule has 0 aliphatic rings. The minimum atomic E-state index is -1.19. The molecule has 5 aromatic rings. The normalized spacial score (nSPS) is 12.1. The number of hydrogen-bond donors (Lipinski definition) is 1. The number of rotatable bonds is 12. The minimum absolute atomic E-state index is 0.123. The summed E-state index contributed by atoms with van der Waals surface area (Å²) in [5.41, 5.74) is 2.19. The van der Waals surface area contributed by atoms with Crippen molar-refractivity contribution in [1.29, 1.82) is 0 Å². The van der Waals surface area contributed by atoms with E-state index in [2.05, 4.69) is 16.9 Å². The molecule has 1 atom stereocenters. The maximum absolute atomic E-state index is 13.0. The molecule has 4 aromatic carbocycles. The highest BCUT2D eigenvalue weighted by atomic mass is 19.1. The molecule has 9 heteroatoms. The lowest BCUT2D eigenvalue weighted by molar-refractivity contribution is -0.138. The third-order valence-corrected chi connectivity index (χ3v) is 6.92. The molecule has 0 fully saturated rings. The molecule has 8 nitrogen and oxygen atoms in total. The van der Waals surface area contributed by atoms with Gasteiger partial charge in [0.25, 0.3) is 0 Å². The number of hydrogen-bond acceptors (Lipinski definition) is 7. The molecule has 0 spiro atoms. The quantitative estimate of drug-likeness (QED) is 0.0671. The summed E-state index contributed by atoms with van der Waals surface area (Å²) >= 11 is 0. The predicted octanol–water partition coefficient (Wildman–Crippen LogP) is 5.54. The average Bonchev–Trinajstić information content (AvgIpc) is 3.53. The van der Waals surface area contributed by atoms with E-state index in [0.29, 0.717) is 5.57 Å². The van der Waals surface area contributed by atoms with Gasteiger partial charge in [0.2, 0.25) is 5.82 Å². The average molecular weight is 589 g/mol. The van der Waals surface area contributed by atoms with Crippen LogP contribution in [0.15, 0.2) is 134 Å². The lowest BCUT2D eigenvalue weighted by Gasteiger charge is -2.34. The zero-order valence-corrected chi connectivity index (χ0v) is 23.7. The Balaban J connectivity index is 1.33. The van der Waals surface area contributed by atoms with Crippen molar-refractivity contribution in [1.82, 2.24) is 20.2 Å². The molecule has 0 aliphatic heterocycles. The second kappa shape index (κ2) is 13.6. The molecule has 1 N–H and O–H groups in total. The number of carbonyl (C=O) groups excluding carboxylic acids is 2. The predicted molar refractivity (Wildman–Crippen MR) is 163 cm³/mol. The number of aliphatic hydroxyl groups is 1. The lowest BCUT2D eigenvalue weighted by atomic mass is 9.77. The van der Waals surface area contributed by atoms with Crippen LogP contribution in [-0.4, -0.2) is 43.2 Å². The summed E-state index contributed by atoms with van der Waals surface area (Å²) in [5, 5.41) is 23.9. The van der Waals surface area contributed by atoms with E-state index in [1.54, 1.807) is 4.80 Å². The number of benzene rings is 4. The monoisotopic (exact) mass is 588 g/mol. The number of allylic oxidation sites excluding steroid dienone is 2. The summed E-state index contributed by atoms with van der Waals surface area (Å²) in [7, 11) is 0. The maximum Gasteiger partial charge on any atom is 0.318 e. The summed E-state index contributed by atoms with van der Waals surface area (Å²) in [6.07, 6.45) is 0.836. The Morgan fingerprint density at radius 1 is 0.864 bits per heavy atom. The van der Waals surface area contributed by atoms with Gasteiger partial charge in [0, 0.05) is 12.0 Å². The summed E-state index contributed by atoms with van der Waals surface area (Å²) in [4.78, 5) is 25.9. The van der Waals surface area contributed by atoms with E-state index >= 15 is 0 Å². The third kappa shape index (κ3) is 6.74. The van der Waals surface area contributed by atoms with Gasteiger partial charge in [-0.1, -0.05) is 110 Å². The van der Waals surface area contributed by atoms with Crippen LogP contribution < -0.4 is 4.74 Å². The highest BCUT2D eigenvalue weighted by molar-refractivity contribution is 5.96. The minimum Gasteiger partial charge on any atom is -0.426 e. The molecule has 0 saturated carbocycles. The zero-order chi connectivity index (χ0) is 30.9. The van der Waals surface area contributed by atoms with Crippen LogP contribution in [0.5, 0.6) is 5.75 Å². The molecule has 1 unspecified atom stereocenters. The maximum atomic E-state index is 13.0. The van der Waals surface area contributed by atoms with Crippen molar-refractivity contribution in [2.75, 3.05) is 0 Å². The first kappa shape index (κ1) is 29.9. The molecule has 1 aromatic heterocycles. The lowest BCUT2D eigenvalue weighted by Crippen LogP contribution is -2.39. The third-order valence-electron chi connectivity index (χ3n) is 6.92. The topological polar surface area (TPSA) is 107 Å². The fourth-order valence-electron chi connectivity index (χ4n) is 4.88. The van der Waals surface area contributed by atoms with Crippen LogP contribution in [0.3, 0.4) is 0 Å². The van der Waals surface area contributed by atoms with E-state index in [-0.39, 0.29) is 18.0 Å². The fourth-order valence-corrected chi connectivity index (χ4v) is 4.88. The van der Waals surface area contributed by atoms with E-state index in [0.717, 1.165) is 28.8 Å². The Morgan fingerprint density at radius 2 is 1.39 bits per heavy atom. The first-order chi connectivity index (χ1) is 21.4. The molecular formula is C35H29FN4O4. The van der Waals surface area contributed by atoms with Gasteiger partial charge < -0.3 is 9.84 Å². The molecule has 0 amide bonds. The molecule has 44 heavy (non-hydrogen) atoms. The second-order valence-electron chi connectivity index (χ2n) is 10.0. The largest absolute Gasteiger partial charge is 0.426 e. The summed E-state index contributed by atoms with van der Waals surface area (Å²) in [6, 6.07) is 34.5. The highest BCUT2D eigenvalue weighted by Crippen LogP contribution is 2.39. The molecule has 0 saturated heterocycles. The van der Waals surface area contributed by atoms with E-state index in [9.17, 15) is 19.1 Å². The molecule has 0 bridgehead atoms. The van der Waals surface area contributed by atoms with Crippen molar-refractivity contribution < 1.29 is 23.8 Å². The summed E-state index contributed by atoms with van der Waals surface area (Å²) < 4.78 is 18.1. The van der Waals surface area contributed by atoms with Crippen molar-refractivity contribution in [2.45, 2.75) is 24.5 Å². The number of nitrogens with zero attached hydrogens (tertiary/aromatic N) is 4. The summed E-state index contributed by atoms with van der Waals surface area (Å²) in [5.74, 6) is -1.45. The Hall–Kier alpha value is -5.54. The molecular weight excluding hydrogens is 559 g/mol. The summed E-state index contributed by atoms with van der Waals surface area (Å²) in [6.45, 7) is 4.03. The standard InChI is InChI=1S/C35H29FN4O4/c1-25(17-20-30(41)23-31(42)24-33(43)44-32-21-18-29(36)19-22-32)34-37-39-40(38-34)35(26-11-5-2-6-12-26,27-13-7-3-8-14-27)28-15-9-4-10-16-28/h2-22,30,41H,1,23-24H2. The van der Waals surface area contributed by atoms with Crippen molar-refractivity contribution in [2.24, 2.45) is 0 Å². The van der Waals surface area contributed by atoms with Crippen LogP contribution in [0.2, 0.25) is 0 Å². The van der Waals surface area contributed by atoms with Gasteiger partial charge in [0.15, 0.2) is 5.54 Å². The van der Waals surface area contributed by atoms with Crippen LogP contribution in [-0.2, 0) is 15.1 Å². The molecule has 5 rings (SSSR count). The van der Waals surface area contributed by atoms with Gasteiger partial charge in [0.05, 0.1) is 6.10 Å². The van der Waals surface area contributed by atoms with Crippen LogP contribution in [0.1, 0.15) is 35.4 Å². The van der Waals surface area contributed by atoms with Crippen molar-refractivity contribution >= 4 is 17.3 Å². The van der Waals surface area contributed by atoms with Gasteiger partial charge >= 0.3 is 5.97 Å². The van der Waals surface area contributed by atoms with Gasteiger partial charge in [-0.05, 0) is 46.2 Å². The number of aromatic nitrogens is 4. The van der Waals surface area contributed by atoms with Gasteiger partial charge in [-0.15, -0.1) is 15.0 Å². The van der Waals surface area contributed by atoms with Crippen LogP contribution >= 0.6 is 0 Å². The Labute approximate surface area is 253 Å². The van der Waals surface area contributed by atoms with Crippen molar-refractivity contribution in [3.05, 3.63) is 162 Å². The number of esters is 1. The molecule has 220 valence electrons. The van der Waals surface area contributed by atoms with Crippen LogP contribution in [0, 0.1) is 5.82 Å². The van der Waals surface area contributed by atoms with E-state index < -0.39 is 35.6 Å². The molecule has 0 radical (unpaired) electrons. The Morgan fingerprint density at radius 3 is 1.91 bits per heavy atom. The highest BCUT2D eigenvalue weighted by Gasteiger charge is 2.41. The Bertz CT molecular complexity index is 1660. The molecule has 1 heterocycles. The van der Waals surface area contributed by atoms with Gasteiger partial charge in [0.1, 0.15) is 23.8 Å².